The number of aliphatic hydroxyl groups is 2. The van der Waals surface area contributed by atoms with Gasteiger partial charge in [-0.1, -0.05) is 0 Å². The van der Waals surface area contributed by atoms with Gasteiger partial charge >= 0.3 is 0 Å². The van der Waals surface area contributed by atoms with Crippen molar-refractivity contribution < 1.29 is 10.2 Å². The topological polar surface area (TPSA) is 66.2 Å². The average molecular weight is 168 g/mol. The first-order valence-corrected chi connectivity index (χ1v) is 3.74. The molecule has 4 heteroatoms. The molecule has 0 spiro atoms. The van der Waals surface area contributed by atoms with E-state index in [2.05, 4.69) is 9.97 Å². The Balaban J connectivity index is 3.00. The second-order valence-corrected chi connectivity index (χ2v) is 2.71. The van der Waals surface area contributed by atoms with Gasteiger partial charge in [0.25, 0.3) is 0 Å². The SMILES string of the molecule is Cc1cc(C)nc([C@H](O)CO)n1. The third-order valence-corrected chi connectivity index (χ3v) is 1.47. The van der Waals surface area contributed by atoms with E-state index >= 15 is 0 Å². The number of aromatic nitrogens is 2. The van der Waals surface area contributed by atoms with Gasteiger partial charge in [0.05, 0.1) is 6.61 Å². The summed E-state index contributed by atoms with van der Waals surface area (Å²) in [6.07, 6.45) is -0.969. The van der Waals surface area contributed by atoms with E-state index in [1.807, 2.05) is 19.9 Å². The van der Waals surface area contributed by atoms with Crippen LogP contribution in [0, 0.1) is 13.8 Å². The van der Waals surface area contributed by atoms with E-state index in [0.29, 0.717) is 0 Å². The van der Waals surface area contributed by atoms with Crippen LogP contribution in [0.15, 0.2) is 6.07 Å². The normalized spacial score (nSPS) is 13.0. The second kappa shape index (κ2) is 3.60. The molecule has 12 heavy (non-hydrogen) atoms. The molecule has 0 bridgehead atoms. The van der Waals surface area contributed by atoms with E-state index in [1.54, 1.807) is 0 Å². The van der Waals surface area contributed by atoms with Crippen molar-refractivity contribution in [2.45, 2.75) is 20.0 Å². The summed E-state index contributed by atoms with van der Waals surface area (Å²) < 4.78 is 0. The van der Waals surface area contributed by atoms with E-state index in [0.717, 1.165) is 11.4 Å². The fourth-order valence-electron chi connectivity index (χ4n) is 0.984. The molecule has 0 fully saturated rings. The number of nitrogens with zero attached hydrogens (tertiary/aromatic N) is 2. The second-order valence-electron chi connectivity index (χ2n) is 2.71. The molecule has 66 valence electrons. The Labute approximate surface area is 70.9 Å². The minimum atomic E-state index is -0.969. The fraction of sp³-hybridized carbons (Fsp3) is 0.500. The molecule has 0 amide bonds. The van der Waals surface area contributed by atoms with Gasteiger partial charge in [-0.25, -0.2) is 9.97 Å². The molecule has 0 aliphatic rings. The van der Waals surface area contributed by atoms with Crippen molar-refractivity contribution in [1.82, 2.24) is 9.97 Å². The Kier molecular flexibility index (Phi) is 2.73. The molecule has 2 N–H and O–H groups in total. The molecular formula is C8H12N2O2. The van der Waals surface area contributed by atoms with Crippen LogP contribution in [0.3, 0.4) is 0 Å². The average Bonchev–Trinajstić information content (AvgIpc) is 2.01. The number of hydrogen-bond donors (Lipinski definition) is 2. The van der Waals surface area contributed by atoms with Gasteiger partial charge in [-0.2, -0.15) is 0 Å². The van der Waals surface area contributed by atoms with E-state index in [-0.39, 0.29) is 12.4 Å². The molecule has 0 aliphatic carbocycles. The lowest BCUT2D eigenvalue weighted by atomic mass is 10.3. The van der Waals surface area contributed by atoms with Crippen molar-refractivity contribution in [3.8, 4) is 0 Å². The van der Waals surface area contributed by atoms with Crippen LogP contribution in [0.5, 0.6) is 0 Å². The maximum atomic E-state index is 9.20. The smallest absolute Gasteiger partial charge is 0.159 e. The van der Waals surface area contributed by atoms with Crippen LogP contribution in [0.2, 0.25) is 0 Å². The van der Waals surface area contributed by atoms with Gasteiger partial charge in [0.2, 0.25) is 0 Å². The zero-order valence-corrected chi connectivity index (χ0v) is 7.15. The molecule has 0 aromatic carbocycles. The Morgan fingerprint density at radius 2 is 1.83 bits per heavy atom. The molecule has 0 unspecified atom stereocenters. The Hall–Kier alpha value is -1.00. The molecule has 1 heterocycles. The molecular weight excluding hydrogens is 156 g/mol. The van der Waals surface area contributed by atoms with Crippen LogP contribution in [0.25, 0.3) is 0 Å². The summed E-state index contributed by atoms with van der Waals surface area (Å²) in [6, 6.07) is 1.81. The summed E-state index contributed by atoms with van der Waals surface area (Å²) in [7, 11) is 0. The lowest BCUT2D eigenvalue weighted by molar-refractivity contribution is 0.0883. The largest absolute Gasteiger partial charge is 0.393 e. The van der Waals surface area contributed by atoms with Crippen molar-refractivity contribution in [2.75, 3.05) is 6.61 Å². The highest BCUT2D eigenvalue weighted by molar-refractivity contribution is 5.09. The number of rotatable bonds is 2. The minimum absolute atomic E-state index is 0.287. The lowest BCUT2D eigenvalue weighted by Crippen LogP contribution is -2.09. The Morgan fingerprint density at radius 3 is 2.25 bits per heavy atom. The molecule has 1 atom stereocenters. The van der Waals surface area contributed by atoms with Crippen LogP contribution in [0.4, 0.5) is 0 Å². The fourth-order valence-corrected chi connectivity index (χ4v) is 0.984. The summed E-state index contributed by atoms with van der Waals surface area (Å²) in [6.45, 7) is 3.30. The third kappa shape index (κ3) is 1.99. The number of hydrogen-bond acceptors (Lipinski definition) is 4. The monoisotopic (exact) mass is 168 g/mol. The summed E-state index contributed by atoms with van der Waals surface area (Å²) in [5.41, 5.74) is 1.59. The van der Waals surface area contributed by atoms with Crippen LogP contribution in [-0.4, -0.2) is 26.8 Å². The zero-order chi connectivity index (χ0) is 9.14. The highest BCUT2D eigenvalue weighted by Crippen LogP contribution is 2.07. The predicted molar refractivity (Wildman–Crippen MR) is 43.6 cm³/mol. The van der Waals surface area contributed by atoms with Gasteiger partial charge in [0.15, 0.2) is 5.82 Å². The van der Waals surface area contributed by atoms with Crippen LogP contribution in [-0.2, 0) is 0 Å². The van der Waals surface area contributed by atoms with Gasteiger partial charge in [-0.3, -0.25) is 0 Å². The van der Waals surface area contributed by atoms with Crippen LogP contribution >= 0.6 is 0 Å². The van der Waals surface area contributed by atoms with Crippen LogP contribution < -0.4 is 0 Å². The summed E-state index contributed by atoms with van der Waals surface area (Å²) in [5.74, 6) is 0.287. The van der Waals surface area contributed by atoms with E-state index in [9.17, 15) is 5.11 Å². The standard InChI is InChI=1S/C8H12N2O2/c1-5-3-6(2)10-8(9-5)7(12)4-11/h3,7,11-12H,4H2,1-2H3/t7-/m1/s1. The molecule has 1 rings (SSSR count). The maximum Gasteiger partial charge on any atom is 0.159 e. The van der Waals surface area contributed by atoms with Gasteiger partial charge in [0.1, 0.15) is 6.10 Å². The molecule has 0 saturated carbocycles. The molecule has 0 radical (unpaired) electrons. The quantitative estimate of drug-likeness (QED) is 0.658. The Bertz CT molecular complexity index is 256. The van der Waals surface area contributed by atoms with Crippen molar-refractivity contribution in [1.29, 1.82) is 0 Å². The number of aliphatic hydroxyl groups excluding tert-OH is 2. The maximum absolute atomic E-state index is 9.20. The molecule has 4 nitrogen and oxygen atoms in total. The van der Waals surface area contributed by atoms with Crippen molar-refractivity contribution in [3.63, 3.8) is 0 Å². The molecule has 0 saturated heterocycles. The third-order valence-electron chi connectivity index (χ3n) is 1.47. The van der Waals surface area contributed by atoms with E-state index in [4.69, 9.17) is 5.11 Å². The first kappa shape index (κ1) is 9.09. The van der Waals surface area contributed by atoms with Gasteiger partial charge in [0, 0.05) is 11.4 Å². The highest BCUT2D eigenvalue weighted by atomic mass is 16.3. The highest BCUT2D eigenvalue weighted by Gasteiger charge is 2.09. The van der Waals surface area contributed by atoms with Crippen molar-refractivity contribution in [2.24, 2.45) is 0 Å². The zero-order valence-electron chi connectivity index (χ0n) is 7.15. The minimum Gasteiger partial charge on any atom is -0.393 e. The predicted octanol–water partition coefficient (Wildman–Crippen LogP) is 0.119. The lowest BCUT2D eigenvalue weighted by Gasteiger charge is -2.06. The first-order valence-electron chi connectivity index (χ1n) is 3.74. The van der Waals surface area contributed by atoms with Gasteiger partial charge in [-0.05, 0) is 19.9 Å². The Morgan fingerprint density at radius 1 is 1.33 bits per heavy atom. The van der Waals surface area contributed by atoms with E-state index in [1.165, 1.54) is 0 Å². The van der Waals surface area contributed by atoms with E-state index < -0.39 is 6.10 Å². The van der Waals surface area contributed by atoms with Crippen molar-refractivity contribution in [3.05, 3.63) is 23.3 Å². The van der Waals surface area contributed by atoms with Crippen molar-refractivity contribution >= 4 is 0 Å². The first-order chi connectivity index (χ1) is 5.63. The van der Waals surface area contributed by atoms with Gasteiger partial charge in [-0.15, -0.1) is 0 Å². The van der Waals surface area contributed by atoms with Gasteiger partial charge < -0.3 is 10.2 Å². The number of aryl methyl sites for hydroxylation is 2. The molecule has 1 aromatic rings. The molecule has 1 aromatic heterocycles. The summed E-state index contributed by atoms with van der Waals surface area (Å²) in [5, 5.41) is 17.8. The summed E-state index contributed by atoms with van der Waals surface area (Å²) in [4.78, 5) is 7.97. The summed E-state index contributed by atoms with van der Waals surface area (Å²) >= 11 is 0. The van der Waals surface area contributed by atoms with Crippen LogP contribution in [0.1, 0.15) is 23.3 Å². The molecule has 0 aliphatic heterocycles.